The number of benzene rings is 1. The molecule has 0 aliphatic carbocycles. The van der Waals surface area contributed by atoms with Gasteiger partial charge >= 0.3 is 0 Å². The molecule has 3 heterocycles. The Labute approximate surface area is 180 Å². The Kier molecular flexibility index (Phi) is 6.26. The number of hydrogen-bond donors (Lipinski definition) is 0. The molecular formula is C21H26N6O4. The molecule has 2 aliphatic heterocycles. The number of carbonyl (C=O) groups excluding carboxylic acids is 2. The molecule has 0 atom stereocenters. The molecule has 164 valence electrons. The van der Waals surface area contributed by atoms with E-state index in [0.29, 0.717) is 38.4 Å². The Morgan fingerprint density at radius 3 is 2.39 bits per heavy atom. The summed E-state index contributed by atoms with van der Waals surface area (Å²) in [4.78, 5) is 46.1. The molecule has 0 saturated carbocycles. The Morgan fingerprint density at radius 1 is 1.00 bits per heavy atom. The molecule has 2 amide bonds. The topological polar surface area (TPSA) is 105 Å². The molecule has 2 saturated heterocycles. The number of piperazine rings is 1. The van der Waals surface area contributed by atoms with Crippen LogP contribution < -0.4 is 0 Å². The number of nitro groups is 1. The van der Waals surface area contributed by atoms with Gasteiger partial charge in [-0.25, -0.2) is 4.98 Å². The third kappa shape index (κ3) is 4.74. The van der Waals surface area contributed by atoms with E-state index < -0.39 is 4.92 Å². The zero-order valence-electron chi connectivity index (χ0n) is 17.4. The number of carbonyl (C=O) groups is 2. The summed E-state index contributed by atoms with van der Waals surface area (Å²) in [5.74, 6) is -0.0764. The van der Waals surface area contributed by atoms with Gasteiger partial charge in [-0.2, -0.15) is 0 Å². The highest BCUT2D eigenvalue weighted by Gasteiger charge is 2.27. The highest BCUT2D eigenvalue weighted by Crippen LogP contribution is 2.25. The van der Waals surface area contributed by atoms with Crippen molar-refractivity contribution in [3.05, 3.63) is 52.6 Å². The first-order valence-corrected chi connectivity index (χ1v) is 10.6. The van der Waals surface area contributed by atoms with Crippen molar-refractivity contribution in [2.24, 2.45) is 0 Å². The highest BCUT2D eigenvalue weighted by molar-refractivity contribution is 5.95. The van der Waals surface area contributed by atoms with Crippen LogP contribution in [0, 0.1) is 10.1 Å². The smallest absolute Gasteiger partial charge is 0.294 e. The number of piperidine rings is 1. The van der Waals surface area contributed by atoms with Crippen molar-refractivity contribution in [3.8, 4) is 5.69 Å². The lowest BCUT2D eigenvalue weighted by atomic mass is 10.1. The van der Waals surface area contributed by atoms with E-state index >= 15 is 0 Å². The molecule has 0 spiro atoms. The van der Waals surface area contributed by atoms with Crippen molar-refractivity contribution in [2.75, 3.05) is 45.8 Å². The average Bonchev–Trinajstić information content (AvgIpc) is 3.34. The first-order valence-electron chi connectivity index (χ1n) is 10.6. The number of hydrogen-bond acceptors (Lipinski definition) is 6. The number of amides is 2. The normalized spacial score (nSPS) is 17.5. The predicted octanol–water partition coefficient (Wildman–Crippen LogP) is 1.55. The van der Waals surface area contributed by atoms with Crippen LogP contribution >= 0.6 is 0 Å². The number of nitrogens with zero attached hydrogens (tertiary/aromatic N) is 6. The first-order chi connectivity index (χ1) is 15.0. The van der Waals surface area contributed by atoms with Crippen LogP contribution in [0.4, 0.5) is 5.69 Å². The van der Waals surface area contributed by atoms with E-state index in [4.69, 9.17) is 0 Å². The van der Waals surface area contributed by atoms with Gasteiger partial charge in [-0.05, 0) is 31.4 Å². The van der Waals surface area contributed by atoms with Crippen molar-refractivity contribution in [1.29, 1.82) is 0 Å². The minimum Gasteiger partial charge on any atom is -0.342 e. The molecule has 1 aromatic heterocycles. The second kappa shape index (κ2) is 9.25. The molecule has 10 nitrogen and oxygen atoms in total. The van der Waals surface area contributed by atoms with E-state index in [1.54, 1.807) is 27.8 Å². The molecular weight excluding hydrogens is 400 g/mol. The van der Waals surface area contributed by atoms with Crippen LogP contribution in [0.5, 0.6) is 0 Å². The second-order valence-corrected chi connectivity index (χ2v) is 7.94. The van der Waals surface area contributed by atoms with Crippen molar-refractivity contribution in [2.45, 2.75) is 19.3 Å². The summed E-state index contributed by atoms with van der Waals surface area (Å²) >= 11 is 0. The van der Waals surface area contributed by atoms with E-state index in [1.807, 2.05) is 4.90 Å². The summed E-state index contributed by atoms with van der Waals surface area (Å²) in [6.45, 7) is 4.26. The number of nitro benzene ring substituents is 1. The monoisotopic (exact) mass is 426 g/mol. The summed E-state index contributed by atoms with van der Waals surface area (Å²) in [7, 11) is 0. The zero-order chi connectivity index (χ0) is 21.8. The fourth-order valence-corrected chi connectivity index (χ4v) is 4.15. The molecule has 2 aromatic rings. The van der Waals surface area contributed by atoms with Crippen LogP contribution in [-0.2, 0) is 4.79 Å². The van der Waals surface area contributed by atoms with Gasteiger partial charge in [-0.1, -0.05) is 0 Å². The van der Waals surface area contributed by atoms with Gasteiger partial charge in [0.2, 0.25) is 5.91 Å². The summed E-state index contributed by atoms with van der Waals surface area (Å²) in [6.07, 6.45) is 7.96. The number of imidazole rings is 1. The fraction of sp³-hybridized carbons (Fsp3) is 0.476. The van der Waals surface area contributed by atoms with E-state index in [-0.39, 0.29) is 23.1 Å². The van der Waals surface area contributed by atoms with Gasteiger partial charge in [-0.15, -0.1) is 0 Å². The summed E-state index contributed by atoms with van der Waals surface area (Å²) in [6, 6.07) is 4.50. The lowest BCUT2D eigenvalue weighted by Crippen LogP contribution is -2.52. The van der Waals surface area contributed by atoms with Crippen LogP contribution in [0.1, 0.15) is 29.6 Å². The maximum absolute atomic E-state index is 12.9. The zero-order valence-corrected chi connectivity index (χ0v) is 17.4. The molecule has 31 heavy (non-hydrogen) atoms. The van der Waals surface area contributed by atoms with E-state index in [1.165, 1.54) is 25.0 Å². The third-order valence-corrected chi connectivity index (χ3v) is 5.93. The number of aromatic nitrogens is 2. The van der Waals surface area contributed by atoms with Gasteiger partial charge in [0.1, 0.15) is 5.69 Å². The first kappa shape index (κ1) is 21.0. The Balaban J connectivity index is 1.38. The lowest BCUT2D eigenvalue weighted by molar-refractivity contribution is -0.384. The molecule has 1 aromatic carbocycles. The molecule has 0 N–H and O–H groups in total. The summed E-state index contributed by atoms with van der Waals surface area (Å²) in [5.41, 5.74) is 0.503. The number of likely N-dealkylation sites (tertiary alicyclic amines) is 1. The Hall–Kier alpha value is -3.27. The molecule has 0 radical (unpaired) electrons. The van der Waals surface area contributed by atoms with Crippen LogP contribution in [0.2, 0.25) is 0 Å². The van der Waals surface area contributed by atoms with E-state index in [2.05, 4.69) is 9.88 Å². The van der Waals surface area contributed by atoms with Gasteiger partial charge in [0, 0.05) is 63.3 Å². The van der Waals surface area contributed by atoms with Crippen molar-refractivity contribution < 1.29 is 14.5 Å². The van der Waals surface area contributed by atoms with Gasteiger partial charge in [0.05, 0.1) is 17.8 Å². The minimum absolute atomic E-state index is 0.144. The Bertz CT molecular complexity index is 947. The van der Waals surface area contributed by atoms with Crippen LogP contribution in [0.3, 0.4) is 0 Å². The van der Waals surface area contributed by atoms with Crippen LogP contribution in [0.25, 0.3) is 5.69 Å². The molecule has 0 unspecified atom stereocenters. The summed E-state index contributed by atoms with van der Waals surface area (Å²) in [5, 5.41) is 11.5. The maximum atomic E-state index is 12.9. The largest absolute Gasteiger partial charge is 0.342 e. The summed E-state index contributed by atoms with van der Waals surface area (Å²) < 4.78 is 1.55. The van der Waals surface area contributed by atoms with Crippen LogP contribution in [0.15, 0.2) is 36.9 Å². The quantitative estimate of drug-likeness (QED) is 0.531. The second-order valence-electron chi connectivity index (χ2n) is 7.94. The van der Waals surface area contributed by atoms with Gasteiger partial charge in [0.25, 0.3) is 11.6 Å². The van der Waals surface area contributed by atoms with Gasteiger partial charge in [-0.3, -0.25) is 24.6 Å². The van der Waals surface area contributed by atoms with Gasteiger partial charge in [0.15, 0.2) is 0 Å². The standard InChI is InChI=1S/C21H26N6O4/c28-20(24-7-2-1-3-8-24)15-23-10-12-25(13-11-23)21(29)17-4-5-18(19(14-17)27(30)31)26-9-6-22-16-26/h4-6,9,14,16H,1-3,7-8,10-13,15H2. The molecule has 2 fully saturated rings. The molecule has 4 rings (SSSR count). The molecule has 0 bridgehead atoms. The van der Waals surface area contributed by atoms with Crippen LogP contribution in [-0.4, -0.2) is 86.8 Å². The highest BCUT2D eigenvalue weighted by atomic mass is 16.6. The Morgan fingerprint density at radius 2 is 1.74 bits per heavy atom. The molecule has 2 aliphatic rings. The van der Waals surface area contributed by atoms with E-state index in [0.717, 1.165) is 25.9 Å². The number of rotatable bonds is 5. The fourth-order valence-electron chi connectivity index (χ4n) is 4.15. The maximum Gasteiger partial charge on any atom is 0.294 e. The van der Waals surface area contributed by atoms with Gasteiger partial charge < -0.3 is 14.4 Å². The predicted molar refractivity (Wildman–Crippen MR) is 113 cm³/mol. The van der Waals surface area contributed by atoms with Crippen molar-refractivity contribution in [3.63, 3.8) is 0 Å². The minimum atomic E-state index is -0.490. The molecule has 10 heteroatoms. The van der Waals surface area contributed by atoms with E-state index in [9.17, 15) is 19.7 Å². The van der Waals surface area contributed by atoms with Crippen molar-refractivity contribution >= 4 is 17.5 Å². The SMILES string of the molecule is O=C(CN1CCN(C(=O)c2ccc(-n3ccnc3)c([N+](=O)[O-])c2)CC1)N1CCCCC1. The average molecular weight is 426 g/mol. The lowest BCUT2D eigenvalue weighted by Gasteiger charge is -2.36. The third-order valence-electron chi connectivity index (χ3n) is 5.93. The van der Waals surface area contributed by atoms with Crippen molar-refractivity contribution in [1.82, 2.24) is 24.3 Å².